The zero-order valence-corrected chi connectivity index (χ0v) is 20.8. The summed E-state index contributed by atoms with van der Waals surface area (Å²) in [6, 6.07) is 33.4. The van der Waals surface area contributed by atoms with Crippen molar-refractivity contribution in [1.82, 2.24) is 0 Å². The van der Waals surface area contributed by atoms with Crippen molar-refractivity contribution in [1.29, 1.82) is 0 Å². The van der Waals surface area contributed by atoms with Crippen LogP contribution in [0.2, 0.25) is 5.21 Å². The predicted octanol–water partition coefficient (Wildman–Crippen LogP) is 4.97. The molecule has 0 bridgehead atoms. The van der Waals surface area contributed by atoms with Crippen LogP contribution in [0.15, 0.2) is 91.0 Å². The molecule has 3 aromatic rings. The van der Waals surface area contributed by atoms with Gasteiger partial charge in [-0.15, -0.1) is 0 Å². The predicted molar refractivity (Wildman–Crippen MR) is 122 cm³/mol. The molecule has 132 valence electrons. The Hall–Kier alpha value is -1.05. The third-order valence-electron chi connectivity index (χ3n) is 4.66. The van der Waals surface area contributed by atoms with E-state index in [2.05, 4.69) is 91.0 Å². The molecule has 1 aliphatic rings. The Balaban J connectivity index is 2.02. The van der Waals surface area contributed by atoms with E-state index < -0.39 is 0 Å². The fraction of sp³-hybridized carbons (Fsp3) is 0.125. The molecule has 0 nitrogen and oxygen atoms in total. The molecule has 0 spiro atoms. The Morgan fingerprint density at radius 1 is 0.593 bits per heavy atom. The van der Waals surface area contributed by atoms with E-state index >= 15 is 0 Å². The van der Waals surface area contributed by atoms with E-state index in [0.29, 0.717) is 24.2 Å². The first-order valence-electron chi connectivity index (χ1n) is 9.28. The number of benzene rings is 3. The Labute approximate surface area is 177 Å². The van der Waals surface area contributed by atoms with Crippen molar-refractivity contribution >= 4 is 52.9 Å². The number of rotatable bonds is 3. The van der Waals surface area contributed by atoms with Crippen LogP contribution in [0.4, 0.5) is 0 Å². The first-order chi connectivity index (χ1) is 13.4. The zero-order valence-electron chi connectivity index (χ0n) is 15.1. The first-order valence-corrected chi connectivity index (χ1v) is 21.9. The number of hydrogen-bond donors (Lipinski definition) is 0. The molecule has 0 saturated carbocycles. The molecular weight excluding hydrogens is 513 g/mol. The van der Waals surface area contributed by atoms with Gasteiger partial charge in [-0.25, -0.2) is 0 Å². The molecule has 0 atom stereocenters. The van der Waals surface area contributed by atoms with Gasteiger partial charge in [0.1, 0.15) is 0 Å². The van der Waals surface area contributed by atoms with Crippen LogP contribution in [0.25, 0.3) is 11.1 Å². The van der Waals surface area contributed by atoms with Crippen molar-refractivity contribution in [3.8, 4) is 0 Å². The van der Waals surface area contributed by atoms with E-state index in [4.69, 9.17) is 0 Å². The van der Waals surface area contributed by atoms with Crippen molar-refractivity contribution < 1.29 is 0 Å². The Bertz CT molecular complexity index is 972. The first kappa shape index (κ1) is 19.3. The van der Waals surface area contributed by atoms with E-state index in [1.54, 1.807) is 9.88 Å². The Kier molecular flexibility index (Phi) is 7.09. The van der Waals surface area contributed by atoms with Gasteiger partial charge in [0.2, 0.25) is 0 Å². The van der Waals surface area contributed by atoms with Gasteiger partial charge >= 0.3 is 179 Å². The molecule has 0 radical (unpaired) electrons. The summed E-state index contributed by atoms with van der Waals surface area (Å²) in [5.41, 5.74) is 7.33. The Morgan fingerprint density at radius 2 is 1.15 bits per heavy atom. The molecule has 1 heterocycles. The van der Waals surface area contributed by atoms with Crippen LogP contribution in [0.3, 0.4) is 0 Å². The van der Waals surface area contributed by atoms with Crippen molar-refractivity contribution in [3.63, 3.8) is 0 Å². The second-order valence-corrected chi connectivity index (χ2v) is 27.1. The van der Waals surface area contributed by atoms with Gasteiger partial charge in [0.25, 0.3) is 0 Å². The van der Waals surface area contributed by atoms with Crippen molar-refractivity contribution in [2.45, 2.75) is 18.1 Å². The maximum atomic E-state index is 2.33. The van der Waals surface area contributed by atoms with Gasteiger partial charge in [-0.1, -0.05) is 0 Å². The summed E-state index contributed by atoms with van der Waals surface area (Å²) >= 11 is 1.43. The normalized spacial score (nSPS) is 16.7. The summed E-state index contributed by atoms with van der Waals surface area (Å²) < 4.78 is 1.66. The van der Waals surface area contributed by atoms with Gasteiger partial charge in [-0.3, -0.25) is 0 Å². The van der Waals surface area contributed by atoms with Crippen molar-refractivity contribution in [3.05, 3.63) is 108 Å². The maximum absolute atomic E-state index is 2.33. The minimum atomic E-state index is 0.288. The molecule has 0 unspecified atom stereocenters. The van der Waals surface area contributed by atoms with Crippen LogP contribution < -0.4 is 0 Å². The van der Waals surface area contributed by atoms with Crippen LogP contribution in [-0.4, -0.2) is 41.8 Å². The standard InChI is InChI=1S/C24H21As3/c1-4-11-19(12-5-1)22-17-10-18-25-27-26-24(21-15-8-3-9-16-21)23(22)20-13-6-2-7-14-20/h1-9,11-16H,10,17-18H2. The van der Waals surface area contributed by atoms with Crippen LogP contribution in [0.1, 0.15) is 29.5 Å². The second kappa shape index (κ2) is 9.93. The zero-order chi connectivity index (χ0) is 18.3. The van der Waals surface area contributed by atoms with Crippen LogP contribution in [-0.2, 0) is 0 Å². The molecule has 3 heteroatoms. The fourth-order valence-corrected chi connectivity index (χ4v) is 26.1. The van der Waals surface area contributed by atoms with Gasteiger partial charge < -0.3 is 0 Å². The number of hydrogen-bond acceptors (Lipinski definition) is 0. The molecule has 0 amide bonds. The third kappa shape index (κ3) is 4.87. The van der Waals surface area contributed by atoms with E-state index in [0.717, 1.165) is 0 Å². The van der Waals surface area contributed by atoms with E-state index in [1.165, 1.54) is 40.3 Å². The van der Waals surface area contributed by atoms with Crippen LogP contribution >= 0.6 is 0 Å². The summed E-state index contributed by atoms with van der Waals surface area (Å²) in [6.07, 6.45) is 2.54. The van der Waals surface area contributed by atoms with Crippen LogP contribution in [0.5, 0.6) is 0 Å². The molecule has 1 aliphatic heterocycles. The molecule has 27 heavy (non-hydrogen) atoms. The quantitative estimate of drug-likeness (QED) is 0.417. The average Bonchev–Trinajstić information content (AvgIpc) is 2.86. The molecular formula is C24H21As3. The summed E-state index contributed by atoms with van der Waals surface area (Å²) in [7, 11) is 0. The third-order valence-corrected chi connectivity index (χ3v) is 26.6. The van der Waals surface area contributed by atoms with Crippen LogP contribution in [0, 0.1) is 0 Å². The summed E-state index contributed by atoms with van der Waals surface area (Å²) in [4.78, 5) is 0. The van der Waals surface area contributed by atoms with Gasteiger partial charge in [0, 0.05) is 0 Å². The van der Waals surface area contributed by atoms with Gasteiger partial charge in [-0.2, -0.15) is 0 Å². The summed E-state index contributed by atoms with van der Waals surface area (Å²) in [6.45, 7) is 0. The van der Waals surface area contributed by atoms with Crippen molar-refractivity contribution in [2.24, 2.45) is 0 Å². The van der Waals surface area contributed by atoms with Crippen molar-refractivity contribution in [2.75, 3.05) is 0 Å². The SMILES string of the molecule is c1ccc(C2=[As][As]=[As]CCCC(c3ccccc3)=C2c2ccccc2)cc1. The Morgan fingerprint density at radius 3 is 1.78 bits per heavy atom. The fourth-order valence-electron chi connectivity index (χ4n) is 3.41. The molecule has 4 rings (SSSR count). The van der Waals surface area contributed by atoms with Gasteiger partial charge in [-0.05, 0) is 0 Å². The minimum absolute atomic E-state index is 0.288. The number of allylic oxidation sites excluding steroid dienone is 2. The topological polar surface area (TPSA) is 0 Å². The van der Waals surface area contributed by atoms with E-state index in [-0.39, 0.29) is 13.2 Å². The van der Waals surface area contributed by atoms with Gasteiger partial charge in [0.15, 0.2) is 0 Å². The second-order valence-electron chi connectivity index (χ2n) is 6.46. The molecule has 3 aromatic carbocycles. The molecule has 0 aliphatic carbocycles. The summed E-state index contributed by atoms with van der Waals surface area (Å²) in [5.74, 6) is 0. The molecule has 0 fully saturated rings. The molecule has 0 aromatic heterocycles. The van der Waals surface area contributed by atoms with E-state index in [1.807, 2.05) is 0 Å². The average molecular weight is 534 g/mol. The summed E-state index contributed by atoms with van der Waals surface area (Å²) in [5, 5.41) is 1.48. The molecule has 0 saturated heterocycles. The monoisotopic (exact) mass is 534 g/mol. The molecule has 0 N–H and O–H groups in total. The van der Waals surface area contributed by atoms with Gasteiger partial charge in [0.05, 0.1) is 0 Å². The van der Waals surface area contributed by atoms with E-state index in [9.17, 15) is 0 Å².